The van der Waals surface area contributed by atoms with Gasteiger partial charge in [0.05, 0.1) is 24.2 Å². The third kappa shape index (κ3) is 5.09. The van der Waals surface area contributed by atoms with Crippen molar-refractivity contribution in [3.05, 3.63) is 58.1 Å². The number of para-hydroxylation sites is 2. The van der Waals surface area contributed by atoms with Crippen LogP contribution < -0.4 is 14.8 Å². The topological polar surface area (TPSA) is 47.6 Å². The van der Waals surface area contributed by atoms with Gasteiger partial charge >= 0.3 is 0 Å². The minimum Gasteiger partial charge on any atom is -0.493 e. The van der Waals surface area contributed by atoms with Crippen LogP contribution in [0.3, 0.4) is 0 Å². The predicted molar refractivity (Wildman–Crippen MR) is 95.1 cm³/mol. The highest BCUT2D eigenvalue weighted by Gasteiger charge is 2.09. The van der Waals surface area contributed by atoms with E-state index in [0.717, 1.165) is 0 Å². The van der Waals surface area contributed by atoms with Gasteiger partial charge in [-0.3, -0.25) is 4.79 Å². The zero-order valence-electron chi connectivity index (χ0n) is 12.9. The molecule has 2 rings (SSSR count). The van der Waals surface area contributed by atoms with E-state index in [1.54, 1.807) is 31.4 Å². The third-order valence-electron chi connectivity index (χ3n) is 3.00. The van der Waals surface area contributed by atoms with Crippen molar-refractivity contribution in [1.82, 2.24) is 5.32 Å². The monoisotopic (exact) mass is 363 g/mol. The van der Waals surface area contributed by atoms with Crippen molar-refractivity contribution < 1.29 is 14.3 Å². The zero-order valence-corrected chi connectivity index (χ0v) is 14.4. The maximum atomic E-state index is 12.0. The molecular weight excluding hydrogens is 349 g/mol. The number of rotatable bonds is 5. The molecule has 0 spiro atoms. The number of hydrogen-bond donors (Lipinski definition) is 1. The predicted octanol–water partition coefficient (Wildman–Crippen LogP) is 3.81. The van der Waals surface area contributed by atoms with Gasteiger partial charge in [-0.05, 0) is 30.3 Å². The lowest BCUT2D eigenvalue weighted by atomic mass is 10.2. The van der Waals surface area contributed by atoms with Crippen LogP contribution in [0.15, 0.2) is 42.5 Å². The SMILES string of the molecule is COc1ccccc1OCC#CCNC(=O)c1cc(Cl)ccc1Cl. The van der Waals surface area contributed by atoms with E-state index in [0.29, 0.717) is 27.1 Å². The second-order valence-corrected chi connectivity index (χ2v) is 5.44. The lowest BCUT2D eigenvalue weighted by Crippen LogP contribution is -2.24. The van der Waals surface area contributed by atoms with E-state index in [1.165, 1.54) is 6.07 Å². The fraction of sp³-hybridized carbons (Fsp3) is 0.167. The molecule has 1 N–H and O–H groups in total. The molecule has 2 aromatic rings. The fourth-order valence-corrected chi connectivity index (χ4v) is 2.23. The second-order valence-electron chi connectivity index (χ2n) is 4.60. The van der Waals surface area contributed by atoms with Crippen LogP contribution in [0.2, 0.25) is 10.0 Å². The first kappa shape index (κ1) is 18.0. The van der Waals surface area contributed by atoms with Crippen LogP contribution in [0.5, 0.6) is 11.5 Å². The lowest BCUT2D eigenvalue weighted by Gasteiger charge is -2.07. The molecule has 24 heavy (non-hydrogen) atoms. The molecule has 1 amide bonds. The summed E-state index contributed by atoms with van der Waals surface area (Å²) in [7, 11) is 1.57. The Kier molecular flexibility index (Phi) is 6.80. The number of carbonyl (C=O) groups is 1. The van der Waals surface area contributed by atoms with E-state index in [1.807, 2.05) is 12.1 Å². The molecular formula is C18H15Cl2NO3. The molecule has 0 aliphatic rings. The Morgan fingerprint density at radius 1 is 1.12 bits per heavy atom. The van der Waals surface area contributed by atoms with E-state index in [-0.39, 0.29) is 19.1 Å². The van der Waals surface area contributed by atoms with Crippen molar-refractivity contribution >= 4 is 29.1 Å². The van der Waals surface area contributed by atoms with E-state index in [9.17, 15) is 4.79 Å². The summed E-state index contributed by atoms with van der Waals surface area (Å²) < 4.78 is 10.7. The minimum absolute atomic E-state index is 0.178. The van der Waals surface area contributed by atoms with Crippen molar-refractivity contribution in [2.75, 3.05) is 20.3 Å². The first-order chi connectivity index (χ1) is 11.6. The minimum atomic E-state index is -0.331. The lowest BCUT2D eigenvalue weighted by molar-refractivity contribution is 0.0959. The van der Waals surface area contributed by atoms with Gasteiger partial charge < -0.3 is 14.8 Å². The summed E-state index contributed by atoms with van der Waals surface area (Å²) in [5.41, 5.74) is 0.316. The number of amides is 1. The molecule has 0 aliphatic heterocycles. The first-order valence-electron chi connectivity index (χ1n) is 7.06. The maximum absolute atomic E-state index is 12.0. The smallest absolute Gasteiger partial charge is 0.253 e. The van der Waals surface area contributed by atoms with Crippen LogP contribution in [0.25, 0.3) is 0 Å². The molecule has 0 unspecified atom stereocenters. The molecule has 0 bridgehead atoms. The zero-order chi connectivity index (χ0) is 17.4. The van der Waals surface area contributed by atoms with Crippen LogP contribution in [-0.2, 0) is 0 Å². The van der Waals surface area contributed by atoms with Crippen molar-refractivity contribution in [2.45, 2.75) is 0 Å². The summed E-state index contributed by atoms with van der Waals surface area (Å²) in [5.74, 6) is 6.55. The number of hydrogen-bond acceptors (Lipinski definition) is 3. The molecule has 4 nitrogen and oxygen atoms in total. The van der Waals surface area contributed by atoms with Gasteiger partial charge in [0.15, 0.2) is 11.5 Å². The summed E-state index contributed by atoms with van der Waals surface area (Å²) in [5, 5.41) is 3.43. The molecule has 0 atom stereocenters. The molecule has 0 aliphatic carbocycles. The Morgan fingerprint density at radius 3 is 2.62 bits per heavy atom. The van der Waals surface area contributed by atoms with Crippen molar-refractivity contribution in [3.63, 3.8) is 0 Å². The fourth-order valence-electron chi connectivity index (χ4n) is 1.86. The highest BCUT2D eigenvalue weighted by molar-refractivity contribution is 6.35. The van der Waals surface area contributed by atoms with Gasteiger partial charge in [0, 0.05) is 5.02 Å². The summed E-state index contributed by atoms with van der Waals surface area (Å²) in [4.78, 5) is 12.0. The van der Waals surface area contributed by atoms with Gasteiger partial charge in [0.2, 0.25) is 0 Å². The average molecular weight is 364 g/mol. The van der Waals surface area contributed by atoms with Crippen molar-refractivity contribution in [3.8, 4) is 23.3 Å². The number of ether oxygens (including phenoxy) is 2. The number of halogens is 2. The van der Waals surface area contributed by atoms with Gasteiger partial charge in [-0.1, -0.05) is 47.2 Å². The Labute approximate surface area is 150 Å². The summed E-state index contributed by atoms with van der Waals surface area (Å²) >= 11 is 11.8. The second kappa shape index (κ2) is 9.07. The molecule has 0 saturated carbocycles. The molecule has 0 aromatic heterocycles. The summed E-state index contributed by atoms with van der Waals surface area (Å²) in [6.07, 6.45) is 0. The van der Waals surface area contributed by atoms with Gasteiger partial charge in [-0.2, -0.15) is 0 Å². The quantitative estimate of drug-likeness (QED) is 0.821. The van der Waals surface area contributed by atoms with E-state index in [4.69, 9.17) is 32.7 Å². The maximum Gasteiger partial charge on any atom is 0.253 e. The largest absolute Gasteiger partial charge is 0.493 e. The number of carbonyl (C=O) groups excluding carboxylic acids is 1. The molecule has 2 aromatic carbocycles. The highest BCUT2D eigenvalue weighted by atomic mass is 35.5. The van der Waals surface area contributed by atoms with E-state index in [2.05, 4.69) is 17.2 Å². The number of benzene rings is 2. The van der Waals surface area contributed by atoms with Gasteiger partial charge in [0.1, 0.15) is 6.61 Å². The van der Waals surface area contributed by atoms with Crippen molar-refractivity contribution in [1.29, 1.82) is 0 Å². The molecule has 0 heterocycles. The summed E-state index contributed by atoms with van der Waals surface area (Å²) in [6.45, 7) is 0.366. The van der Waals surface area contributed by atoms with Crippen molar-refractivity contribution in [2.24, 2.45) is 0 Å². The molecule has 0 radical (unpaired) electrons. The average Bonchev–Trinajstić information content (AvgIpc) is 2.60. The Balaban J connectivity index is 1.81. The third-order valence-corrected chi connectivity index (χ3v) is 3.57. The van der Waals surface area contributed by atoms with E-state index >= 15 is 0 Å². The standard InChI is InChI=1S/C18H15Cl2NO3/c1-23-16-6-2-3-7-17(16)24-11-5-4-10-21-18(22)14-12-13(19)8-9-15(14)20/h2-3,6-9,12H,10-11H2,1H3,(H,21,22). The van der Waals surface area contributed by atoms with Gasteiger partial charge in [-0.15, -0.1) is 0 Å². The van der Waals surface area contributed by atoms with Gasteiger partial charge in [0.25, 0.3) is 5.91 Å². The summed E-state index contributed by atoms with van der Waals surface area (Å²) in [6, 6.07) is 12.0. The molecule has 0 saturated heterocycles. The number of nitrogens with one attached hydrogen (secondary N) is 1. The Hall–Kier alpha value is -2.35. The van der Waals surface area contributed by atoms with Crippen LogP contribution >= 0.6 is 23.2 Å². The van der Waals surface area contributed by atoms with E-state index < -0.39 is 0 Å². The normalized spacial score (nSPS) is 9.62. The van der Waals surface area contributed by atoms with Gasteiger partial charge in [-0.25, -0.2) is 0 Å². The Bertz CT molecular complexity index is 781. The first-order valence-corrected chi connectivity index (χ1v) is 7.82. The van der Waals surface area contributed by atoms with Crippen LogP contribution in [0, 0.1) is 11.8 Å². The van der Waals surface area contributed by atoms with Crippen LogP contribution in [-0.4, -0.2) is 26.2 Å². The highest BCUT2D eigenvalue weighted by Crippen LogP contribution is 2.25. The Morgan fingerprint density at radius 2 is 1.88 bits per heavy atom. The van der Waals surface area contributed by atoms with Crippen LogP contribution in [0.4, 0.5) is 0 Å². The van der Waals surface area contributed by atoms with Crippen LogP contribution in [0.1, 0.15) is 10.4 Å². The molecule has 6 heteroatoms. The molecule has 0 fully saturated rings. The molecule has 124 valence electrons. The number of methoxy groups -OCH3 is 1.